The van der Waals surface area contributed by atoms with Gasteiger partial charge in [0.1, 0.15) is 0 Å². The smallest absolute Gasteiger partial charge is 0.279 e. The van der Waals surface area contributed by atoms with E-state index in [0.29, 0.717) is 0 Å². The van der Waals surface area contributed by atoms with Crippen LogP contribution in [-0.2, 0) is 10.2 Å². The molecular weight excluding hydrogens is 238 g/mol. The molecule has 0 amide bonds. The van der Waals surface area contributed by atoms with Crippen molar-refractivity contribution in [3.63, 3.8) is 0 Å². The van der Waals surface area contributed by atoms with Crippen LogP contribution in [0.1, 0.15) is 38.5 Å². The van der Waals surface area contributed by atoms with Crippen molar-refractivity contribution in [2.75, 3.05) is 20.1 Å². The minimum atomic E-state index is -3.30. The monoisotopic (exact) mass is 261 g/mol. The summed E-state index contributed by atoms with van der Waals surface area (Å²) in [6, 6.07) is 0.252. The summed E-state index contributed by atoms with van der Waals surface area (Å²) in [4.78, 5) is 0. The maximum atomic E-state index is 12.2. The maximum absolute atomic E-state index is 12.2. The highest BCUT2D eigenvalue weighted by atomic mass is 32.2. The third kappa shape index (κ3) is 3.40. The van der Waals surface area contributed by atoms with Gasteiger partial charge in [-0.05, 0) is 25.8 Å². The van der Waals surface area contributed by atoms with E-state index < -0.39 is 10.2 Å². The summed E-state index contributed by atoms with van der Waals surface area (Å²) in [5.74, 6) is 0. The van der Waals surface area contributed by atoms with E-state index in [1.165, 1.54) is 6.42 Å². The first-order valence-electron chi connectivity index (χ1n) is 6.55. The van der Waals surface area contributed by atoms with Crippen LogP contribution in [0.4, 0.5) is 0 Å². The molecule has 1 atom stereocenters. The van der Waals surface area contributed by atoms with Crippen molar-refractivity contribution in [1.82, 2.24) is 14.3 Å². The Hall–Kier alpha value is -0.170. The van der Waals surface area contributed by atoms with Gasteiger partial charge in [-0.1, -0.05) is 19.3 Å². The van der Waals surface area contributed by atoms with Crippen LogP contribution in [0, 0.1) is 0 Å². The van der Waals surface area contributed by atoms with Crippen LogP contribution in [0.25, 0.3) is 0 Å². The van der Waals surface area contributed by atoms with Gasteiger partial charge in [0.05, 0.1) is 0 Å². The van der Waals surface area contributed by atoms with E-state index in [1.54, 1.807) is 11.4 Å². The largest absolute Gasteiger partial charge is 0.315 e. The Morgan fingerprint density at radius 2 is 1.88 bits per heavy atom. The summed E-state index contributed by atoms with van der Waals surface area (Å²) in [5, 5.41) is 3.17. The summed E-state index contributed by atoms with van der Waals surface area (Å²) in [6.07, 6.45) is 6.42. The van der Waals surface area contributed by atoms with Crippen LogP contribution in [0.15, 0.2) is 0 Å². The van der Waals surface area contributed by atoms with Gasteiger partial charge in [0.15, 0.2) is 0 Å². The Bertz CT molecular complexity index is 333. The quantitative estimate of drug-likeness (QED) is 0.772. The van der Waals surface area contributed by atoms with E-state index in [0.717, 1.165) is 45.2 Å². The molecule has 17 heavy (non-hydrogen) atoms. The lowest BCUT2D eigenvalue weighted by Gasteiger charge is -2.31. The molecular formula is C11H23N3O2S. The molecule has 0 bridgehead atoms. The van der Waals surface area contributed by atoms with Gasteiger partial charge in [-0.25, -0.2) is 0 Å². The van der Waals surface area contributed by atoms with Crippen LogP contribution in [0.5, 0.6) is 0 Å². The number of hydrogen-bond donors (Lipinski definition) is 2. The number of hydrogen-bond acceptors (Lipinski definition) is 3. The van der Waals surface area contributed by atoms with E-state index in [-0.39, 0.29) is 12.1 Å². The predicted octanol–water partition coefficient (Wildman–Crippen LogP) is 0.447. The summed E-state index contributed by atoms with van der Waals surface area (Å²) in [5.41, 5.74) is 0. The average molecular weight is 261 g/mol. The van der Waals surface area contributed by atoms with Crippen LogP contribution in [-0.4, -0.2) is 44.9 Å². The zero-order valence-electron chi connectivity index (χ0n) is 10.5. The fourth-order valence-electron chi connectivity index (χ4n) is 2.69. The molecule has 5 nitrogen and oxygen atoms in total. The molecule has 1 heterocycles. The standard InChI is InChI=1S/C11H23N3O2S/c1-14(11-5-3-2-4-6-11)17(15,16)13-10-7-8-12-9-10/h10-13H,2-9H2,1H3/t10-/m0/s1. The van der Waals surface area contributed by atoms with Gasteiger partial charge in [-0.15, -0.1) is 0 Å². The molecule has 1 saturated heterocycles. The van der Waals surface area contributed by atoms with Gasteiger partial charge >= 0.3 is 0 Å². The predicted molar refractivity (Wildman–Crippen MR) is 68.0 cm³/mol. The molecule has 1 aliphatic heterocycles. The maximum Gasteiger partial charge on any atom is 0.279 e. The van der Waals surface area contributed by atoms with Crippen molar-refractivity contribution >= 4 is 10.2 Å². The Morgan fingerprint density at radius 3 is 2.47 bits per heavy atom. The van der Waals surface area contributed by atoms with Gasteiger partial charge in [0, 0.05) is 25.7 Å². The first-order valence-corrected chi connectivity index (χ1v) is 7.99. The Labute approximate surface area is 104 Å². The van der Waals surface area contributed by atoms with Crippen molar-refractivity contribution in [3.8, 4) is 0 Å². The molecule has 6 heteroatoms. The highest BCUT2D eigenvalue weighted by Gasteiger charge is 2.30. The van der Waals surface area contributed by atoms with Gasteiger partial charge in [-0.3, -0.25) is 0 Å². The molecule has 0 aromatic heterocycles. The minimum Gasteiger partial charge on any atom is -0.315 e. The van der Waals surface area contributed by atoms with Crippen molar-refractivity contribution in [2.24, 2.45) is 0 Å². The Kier molecular flexibility index (Phi) is 4.41. The average Bonchev–Trinajstić information content (AvgIpc) is 2.81. The molecule has 0 radical (unpaired) electrons. The molecule has 1 aliphatic carbocycles. The molecule has 0 aromatic carbocycles. The number of nitrogens with zero attached hydrogens (tertiary/aromatic N) is 1. The highest BCUT2D eigenvalue weighted by molar-refractivity contribution is 7.87. The van der Waals surface area contributed by atoms with Crippen molar-refractivity contribution in [1.29, 1.82) is 0 Å². The fourth-order valence-corrected chi connectivity index (χ4v) is 4.08. The molecule has 1 saturated carbocycles. The third-order valence-electron chi connectivity index (χ3n) is 3.84. The van der Waals surface area contributed by atoms with E-state index in [9.17, 15) is 8.42 Å². The lowest BCUT2D eigenvalue weighted by atomic mass is 9.96. The first kappa shape index (κ1) is 13.3. The van der Waals surface area contributed by atoms with Crippen LogP contribution in [0.2, 0.25) is 0 Å². The lowest BCUT2D eigenvalue weighted by molar-refractivity contribution is 0.281. The molecule has 2 N–H and O–H groups in total. The SMILES string of the molecule is CN(C1CCCCC1)S(=O)(=O)N[C@H]1CCNC1. The molecule has 100 valence electrons. The Balaban J connectivity index is 1.93. The highest BCUT2D eigenvalue weighted by Crippen LogP contribution is 2.23. The normalized spacial score (nSPS) is 27.8. The van der Waals surface area contributed by atoms with Crippen molar-refractivity contribution < 1.29 is 8.42 Å². The lowest BCUT2D eigenvalue weighted by Crippen LogP contribution is -2.48. The first-order chi connectivity index (χ1) is 8.09. The van der Waals surface area contributed by atoms with E-state index in [2.05, 4.69) is 10.0 Å². The molecule has 0 unspecified atom stereocenters. The van der Waals surface area contributed by atoms with Gasteiger partial charge in [-0.2, -0.15) is 17.4 Å². The third-order valence-corrected chi connectivity index (χ3v) is 5.53. The van der Waals surface area contributed by atoms with Crippen molar-refractivity contribution in [3.05, 3.63) is 0 Å². The number of nitrogens with one attached hydrogen (secondary N) is 2. The van der Waals surface area contributed by atoms with Crippen LogP contribution in [0.3, 0.4) is 0 Å². The van der Waals surface area contributed by atoms with E-state index in [1.807, 2.05) is 0 Å². The van der Waals surface area contributed by atoms with E-state index >= 15 is 0 Å². The minimum absolute atomic E-state index is 0.0611. The second-order valence-electron chi connectivity index (χ2n) is 5.12. The molecule has 2 fully saturated rings. The van der Waals surface area contributed by atoms with Crippen molar-refractivity contribution in [2.45, 2.75) is 50.6 Å². The van der Waals surface area contributed by atoms with Crippen LogP contribution < -0.4 is 10.0 Å². The second kappa shape index (κ2) is 5.65. The summed E-state index contributed by atoms with van der Waals surface area (Å²) in [7, 11) is -1.59. The summed E-state index contributed by atoms with van der Waals surface area (Å²) in [6.45, 7) is 1.65. The second-order valence-corrected chi connectivity index (χ2v) is 6.88. The molecule has 2 rings (SSSR count). The molecule has 2 aliphatic rings. The zero-order valence-corrected chi connectivity index (χ0v) is 11.3. The molecule has 0 aromatic rings. The number of rotatable bonds is 4. The van der Waals surface area contributed by atoms with Gasteiger partial charge < -0.3 is 5.32 Å². The van der Waals surface area contributed by atoms with E-state index in [4.69, 9.17) is 0 Å². The fraction of sp³-hybridized carbons (Fsp3) is 1.00. The molecule has 0 spiro atoms. The Morgan fingerprint density at radius 1 is 1.18 bits per heavy atom. The topological polar surface area (TPSA) is 61.4 Å². The van der Waals surface area contributed by atoms with Crippen LogP contribution >= 0.6 is 0 Å². The zero-order chi connectivity index (χ0) is 12.3. The van der Waals surface area contributed by atoms with Gasteiger partial charge in [0.2, 0.25) is 0 Å². The van der Waals surface area contributed by atoms with Gasteiger partial charge in [0.25, 0.3) is 10.2 Å². The summed E-state index contributed by atoms with van der Waals surface area (Å²) < 4.78 is 28.7. The summed E-state index contributed by atoms with van der Waals surface area (Å²) >= 11 is 0.